The van der Waals surface area contributed by atoms with Gasteiger partial charge in [0.05, 0.1) is 29.3 Å². The number of carbonyl (C=O) groups is 1. The zero-order valence-electron chi connectivity index (χ0n) is 14.0. The average Bonchev–Trinajstić information content (AvgIpc) is 2.58. The predicted molar refractivity (Wildman–Crippen MR) is 80.2 cm³/mol. The van der Waals surface area contributed by atoms with E-state index in [1.54, 1.807) is 7.11 Å². The zero-order valence-corrected chi connectivity index (χ0v) is 14.0. The van der Waals surface area contributed by atoms with Gasteiger partial charge in [0.1, 0.15) is 0 Å². The van der Waals surface area contributed by atoms with E-state index in [0.29, 0.717) is 32.7 Å². The first-order valence-electron chi connectivity index (χ1n) is 7.79. The Labute approximate surface area is 127 Å². The lowest BCUT2D eigenvalue weighted by molar-refractivity contribution is -0.143. The Morgan fingerprint density at radius 1 is 1.24 bits per heavy atom. The van der Waals surface area contributed by atoms with E-state index >= 15 is 0 Å². The summed E-state index contributed by atoms with van der Waals surface area (Å²) in [7, 11) is 1.65. The van der Waals surface area contributed by atoms with Crippen LogP contribution in [0.15, 0.2) is 0 Å². The van der Waals surface area contributed by atoms with E-state index in [2.05, 4.69) is 19.2 Å². The van der Waals surface area contributed by atoms with Gasteiger partial charge in [0, 0.05) is 20.3 Å². The van der Waals surface area contributed by atoms with Gasteiger partial charge < -0.3 is 19.5 Å². The van der Waals surface area contributed by atoms with Crippen molar-refractivity contribution in [2.75, 3.05) is 26.9 Å². The predicted octanol–water partition coefficient (Wildman–Crippen LogP) is 1.89. The number of amides is 1. The maximum atomic E-state index is 12.9. The van der Waals surface area contributed by atoms with E-state index in [4.69, 9.17) is 14.2 Å². The first-order valence-corrected chi connectivity index (χ1v) is 7.79. The molecular weight excluding hydrogens is 270 g/mol. The first kappa shape index (κ1) is 16.7. The lowest BCUT2D eigenvalue weighted by atomic mass is 9.79. The highest BCUT2D eigenvalue weighted by atomic mass is 16.5. The molecule has 122 valence electrons. The Balaban J connectivity index is 2.08. The van der Waals surface area contributed by atoms with E-state index in [-0.39, 0.29) is 23.2 Å². The second kappa shape index (κ2) is 5.86. The molecule has 1 atom stereocenters. The maximum Gasteiger partial charge on any atom is 0.229 e. The van der Waals surface area contributed by atoms with Crippen LogP contribution in [0.5, 0.6) is 0 Å². The van der Waals surface area contributed by atoms with Crippen LogP contribution in [0, 0.1) is 5.41 Å². The fourth-order valence-electron chi connectivity index (χ4n) is 3.57. The molecule has 5 nitrogen and oxygen atoms in total. The average molecular weight is 299 g/mol. The summed E-state index contributed by atoms with van der Waals surface area (Å²) >= 11 is 0. The molecule has 0 radical (unpaired) electrons. The third-order valence-corrected chi connectivity index (χ3v) is 4.73. The molecule has 1 N–H and O–H groups in total. The Morgan fingerprint density at radius 3 is 2.33 bits per heavy atom. The van der Waals surface area contributed by atoms with Crippen LogP contribution in [-0.4, -0.2) is 50.1 Å². The molecule has 21 heavy (non-hydrogen) atoms. The highest BCUT2D eigenvalue weighted by Gasteiger charge is 2.49. The van der Waals surface area contributed by atoms with E-state index in [1.807, 2.05) is 13.8 Å². The van der Waals surface area contributed by atoms with Crippen molar-refractivity contribution >= 4 is 5.91 Å². The van der Waals surface area contributed by atoms with Crippen molar-refractivity contribution in [1.82, 2.24) is 5.32 Å². The summed E-state index contributed by atoms with van der Waals surface area (Å²) in [6, 6.07) is 0.0246. The van der Waals surface area contributed by atoms with Crippen molar-refractivity contribution in [1.29, 1.82) is 0 Å². The van der Waals surface area contributed by atoms with Gasteiger partial charge in [-0.15, -0.1) is 0 Å². The summed E-state index contributed by atoms with van der Waals surface area (Å²) in [6.07, 6.45) is 2.25. The molecule has 0 aromatic rings. The van der Waals surface area contributed by atoms with Crippen molar-refractivity contribution < 1.29 is 19.0 Å². The Bertz CT molecular complexity index is 380. The molecule has 2 rings (SSSR count). The summed E-state index contributed by atoms with van der Waals surface area (Å²) in [5, 5.41) is 3.22. The number of hydrogen-bond acceptors (Lipinski definition) is 4. The molecule has 0 aromatic heterocycles. The van der Waals surface area contributed by atoms with Crippen LogP contribution in [0.2, 0.25) is 0 Å². The van der Waals surface area contributed by atoms with Gasteiger partial charge in [0.25, 0.3) is 0 Å². The van der Waals surface area contributed by atoms with Crippen molar-refractivity contribution in [3.63, 3.8) is 0 Å². The number of nitrogens with one attached hydrogen (secondary N) is 1. The molecule has 0 aromatic carbocycles. The van der Waals surface area contributed by atoms with Gasteiger partial charge in [-0.05, 0) is 47.0 Å². The zero-order chi connectivity index (χ0) is 15.7. The van der Waals surface area contributed by atoms with Crippen LogP contribution < -0.4 is 5.32 Å². The van der Waals surface area contributed by atoms with Crippen LogP contribution in [-0.2, 0) is 19.0 Å². The molecule has 0 saturated carbocycles. The molecule has 2 saturated heterocycles. The molecule has 0 aliphatic carbocycles. The summed E-state index contributed by atoms with van der Waals surface area (Å²) in [5.41, 5.74) is -1.01. The quantitative estimate of drug-likeness (QED) is 0.861. The molecule has 2 fully saturated rings. The maximum absolute atomic E-state index is 12.9. The van der Waals surface area contributed by atoms with Crippen LogP contribution in [0.4, 0.5) is 0 Å². The van der Waals surface area contributed by atoms with Gasteiger partial charge in [-0.1, -0.05) is 0 Å². The summed E-state index contributed by atoms with van der Waals surface area (Å²) in [5.74, 6) is 0.0759. The highest BCUT2D eigenvalue weighted by molar-refractivity contribution is 5.83. The highest BCUT2D eigenvalue weighted by Crippen LogP contribution is 2.38. The largest absolute Gasteiger partial charge is 0.384 e. The number of methoxy groups -OCH3 is 1. The molecule has 2 aliphatic heterocycles. The van der Waals surface area contributed by atoms with Crippen molar-refractivity contribution in [3.05, 3.63) is 0 Å². The van der Waals surface area contributed by atoms with E-state index in [9.17, 15) is 4.79 Å². The van der Waals surface area contributed by atoms with E-state index in [0.717, 1.165) is 6.42 Å². The smallest absolute Gasteiger partial charge is 0.229 e. The molecule has 2 aliphatic rings. The van der Waals surface area contributed by atoms with Crippen LogP contribution in [0.3, 0.4) is 0 Å². The van der Waals surface area contributed by atoms with Crippen molar-refractivity contribution in [2.24, 2.45) is 5.41 Å². The van der Waals surface area contributed by atoms with Gasteiger partial charge in [-0.2, -0.15) is 0 Å². The number of hydrogen-bond donors (Lipinski definition) is 1. The fraction of sp³-hybridized carbons (Fsp3) is 0.938. The van der Waals surface area contributed by atoms with Crippen LogP contribution in [0.1, 0.15) is 47.0 Å². The monoisotopic (exact) mass is 299 g/mol. The molecular formula is C16H29NO4. The minimum absolute atomic E-state index is 0.0246. The summed E-state index contributed by atoms with van der Waals surface area (Å²) in [6.45, 7) is 9.90. The minimum Gasteiger partial charge on any atom is -0.384 e. The van der Waals surface area contributed by atoms with E-state index < -0.39 is 5.41 Å². The standard InChI is InChI=1S/C16H29NO4/c1-14(2)10-12(15(3,4)21-14)17-13(18)16(11-19-5)6-8-20-9-7-16/h12H,6-11H2,1-5H3,(H,17,18). The number of rotatable bonds is 4. The van der Waals surface area contributed by atoms with Crippen LogP contribution >= 0.6 is 0 Å². The molecule has 1 amide bonds. The normalized spacial score (nSPS) is 30.0. The lowest BCUT2D eigenvalue weighted by Crippen LogP contribution is -2.54. The van der Waals surface area contributed by atoms with Gasteiger partial charge in [0.15, 0.2) is 0 Å². The number of carbonyl (C=O) groups excluding carboxylic acids is 1. The first-order chi connectivity index (χ1) is 9.71. The molecule has 1 unspecified atom stereocenters. The summed E-state index contributed by atoms with van der Waals surface area (Å²) < 4.78 is 16.8. The molecule has 0 spiro atoms. The lowest BCUT2D eigenvalue weighted by Gasteiger charge is -2.37. The van der Waals surface area contributed by atoms with Gasteiger partial charge in [0.2, 0.25) is 5.91 Å². The minimum atomic E-state index is -0.462. The second-order valence-corrected chi connectivity index (χ2v) is 7.52. The Hall–Kier alpha value is -0.650. The van der Waals surface area contributed by atoms with E-state index in [1.165, 1.54) is 0 Å². The second-order valence-electron chi connectivity index (χ2n) is 7.52. The fourth-order valence-corrected chi connectivity index (χ4v) is 3.57. The molecule has 0 bridgehead atoms. The third kappa shape index (κ3) is 3.58. The summed E-state index contributed by atoms with van der Waals surface area (Å²) in [4.78, 5) is 12.9. The Morgan fingerprint density at radius 2 is 1.86 bits per heavy atom. The topological polar surface area (TPSA) is 56.8 Å². The third-order valence-electron chi connectivity index (χ3n) is 4.73. The van der Waals surface area contributed by atoms with Gasteiger partial charge >= 0.3 is 0 Å². The number of ether oxygens (including phenoxy) is 3. The molecule has 5 heteroatoms. The van der Waals surface area contributed by atoms with Crippen LogP contribution in [0.25, 0.3) is 0 Å². The van der Waals surface area contributed by atoms with Crippen molar-refractivity contribution in [2.45, 2.75) is 64.2 Å². The molecule has 2 heterocycles. The van der Waals surface area contributed by atoms with Gasteiger partial charge in [-0.3, -0.25) is 4.79 Å². The SMILES string of the molecule is COCC1(C(=O)NC2CC(C)(C)OC2(C)C)CCOCC1. The van der Waals surface area contributed by atoms with Gasteiger partial charge in [-0.25, -0.2) is 0 Å². The Kier molecular flexibility index (Phi) is 4.66. The van der Waals surface area contributed by atoms with Crippen molar-refractivity contribution in [3.8, 4) is 0 Å².